The number of anilines is 1. The molecule has 2 aromatic heterocycles. The summed E-state index contributed by atoms with van der Waals surface area (Å²) in [6.07, 6.45) is 1.40. The molecule has 0 aliphatic heterocycles. The summed E-state index contributed by atoms with van der Waals surface area (Å²) in [5.41, 5.74) is 9.71. The van der Waals surface area contributed by atoms with E-state index < -0.39 is 5.91 Å². The van der Waals surface area contributed by atoms with E-state index in [1.807, 2.05) is 6.92 Å². The minimum absolute atomic E-state index is 0.00580. The minimum Gasteiger partial charge on any atom is -0.504 e. The standard InChI is InChI=1S/C22H22N8O5/c1-3-33-15-8-6-14(7-9-15)19-18(25-29-30(19)21-20(23)27-35-28-21)22(32)26-24-12-13-5-10-16(31)17(11-13)34-4-2/h5-12,31H,3-4H2,1-2H3,(H2,23,27)(H,26,32)/b24-12-. The highest BCUT2D eigenvalue weighted by Gasteiger charge is 2.25. The summed E-state index contributed by atoms with van der Waals surface area (Å²) in [6, 6.07) is 11.7. The van der Waals surface area contributed by atoms with Gasteiger partial charge in [0, 0.05) is 5.56 Å². The lowest BCUT2D eigenvalue weighted by atomic mass is 10.1. The maximum Gasteiger partial charge on any atom is 0.294 e. The number of amides is 1. The number of phenolic OH excluding ortho intramolecular Hbond substituents is 1. The average Bonchev–Trinajstić information content (AvgIpc) is 3.48. The molecule has 0 spiro atoms. The van der Waals surface area contributed by atoms with Gasteiger partial charge in [0.15, 0.2) is 17.2 Å². The monoisotopic (exact) mass is 478 g/mol. The fourth-order valence-electron chi connectivity index (χ4n) is 3.16. The van der Waals surface area contributed by atoms with Gasteiger partial charge >= 0.3 is 0 Å². The van der Waals surface area contributed by atoms with Crippen molar-refractivity contribution in [2.24, 2.45) is 5.10 Å². The van der Waals surface area contributed by atoms with E-state index in [1.54, 1.807) is 43.3 Å². The first-order valence-corrected chi connectivity index (χ1v) is 10.6. The van der Waals surface area contributed by atoms with Gasteiger partial charge in [-0.2, -0.15) is 9.78 Å². The third-order valence-electron chi connectivity index (χ3n) is 4.68. The Balaban J connectivity index is 1.63. The summed E-state index contributed by atoms with van der Waals surface area (Å²) < 4.78 is 16.8. The molecule has 1 amide bonds. The first kappa shape index (κ1) is 23.2. The van der Waals surface area contributed by atoms with Gasteiger partial charge in [-0.25, -0.2) is 10.1 Å². The molecule has 0 aliphatic carbocycles. The van der Waals surface area contributed by atoms with Crippen LogP contribution in [0.25, 0.3) is 17.1 Å². The van der Waals surface area contributed by atoms with Gasteiger partial charge in [-0.05, 0) is 72.2 Å². The van der Waals surface area contributed by atoms with Gasteiger partial charge in [0.1, 0.15) is 11.4 Å². The Hall–Kier alpha value is -4.94. The van der Waals surface area contributed by atoms with Crippen LogP contribution in [0.2, 0.25) is 0 Å². The van der Waals surface area contributed by atoms with Crippen LogP contribution in [0.5, 0.6) is 17.2 Å². The van der Waals surface area contributed by atoms with E-state index >= 15 is 0 Å². The van der Waals surface area contributed by atoms with Crippen LogP contribution >= 0.6 is 0 Å². The summed E-state index contributed by atoms with van der Waals surface area (Å²) in [5, 5.41) is 29.1. The number of nitrogens with zero attached hydrogens (tertiary/aromatic N) is 6. The molecule has 2 aromatic carbocycles. The van der Waals surface area contributed by atoms with E-state index in [0.717, 1.165) is 0 Å². The summed E-state index contributed by atoms with van der Waals surface area (Å²) in [4.78, 5) is 13.0. The number of hydrogen-bond donors (Lipinski definition) is 3. The molecule has 35 heavy (non-hydrogen) atoms. The Morgan fingerprint density at radius 3 is 2.63 bits per heavy atom. The van der Waals surface area contributed by atoms with Crippen LogP contribution in [0.4, 0.5) is 5.82 Å². The molecule has 0 fully saturated rings. The molecule has 0 aliphatic rings. The Labute approximate surface area is 199 Å². The van der Waals surface area contributed by atoms with Crippen LogP contribution in [0.15, 0.2) is 52.2 Å². The average molecular weight is 478 g/mol. The number of hydrazone groups is 1. The number of hydrogen-bond acceptors (Lipinski definition) is 11. The van der Waals surface area contributed by atoms with Crippen LogP contribution < -0.4 is 20.6 Å². The molecule has 0 saturated heterocycles. The highest BCUT2D eigenvalue weighted by molar-refractivity contribution is 5.98. The Kier molecular flexibility index (Phi) is 6.86. The van der Waals surface area contributed by atoms with Gasteiger partial charge in [0.2, 0.25) is 11.6 Å². The van der Waals surface area contributed by atoms with Gasteiger partial charge in [-0.1, -0.05) is 5.21 Å². The van der Waals surface area contributed by atoms with E-state index in [1.165, 1.54) is 17.0 Å². The largest absolute Gasteiger partial charge is 0.504 e. The summed E-state index contributed by atoms with van der Waals surface area (Å²) in [6.45, 7) is 4.59. The molecule has 0 unspecified atom stereocenters. The summed E-state index contributed by atoms with van der Waals surface area (Å²) >= 11 is 0. The number of ether oxygens (including phenoxy) is 2. The number of phenols is 1. The topological polar surface area (TPSA) is 176 Å². The molecule has 13 nitrogen and oxygen atoms in total. The lowest BCUT2D eigenvalue weighted by Gasteiger charge is -2.08. The fourth-order valence-corrected chi connectivity index (χ4v) is 3.16. The van der Waals surface area contributed by atoms with Crippen LogP contribution in [-0.4, -0.2) is 55.7 Å². The van der Waals surface area contributed by atoms with Crippen molar-refractivity contribution < 1.29 is 24.0 Å². The molecule has 4 rings (SSSR count). The molecular formula is C22H22N8O5. The minimum atomic E-state index is -0.629. The predicted molar refractivity (Wildman–Crippen MR) is 125 cm³/mol. The molecule has 13 heteroatoms. The lowest BCUT2D eigenvalue weighted by molar-refractivity contribution is 0.0950. The second-order valence-corrected chi connectivity index (χ2v) is 6.99. The van der Waals surface area contributed by atoms with Crippen LogP contribution in [0.3, 0.4) is 0 Å². The number of carbonyl (C=O) groups excluding carboxylic acids is 1. The normalized spacial score (nSPS) is 11.0. The van der Waals surface area contributed by atoms with Crippen molar-refractivity contribution in [3.05, 3.63) is 53.7 Å². The van der Waals surface area contributed by atoms with Crippen molar-refractivity contribution in [3.63, 3.8) is 0 Å². The summed E-state index contributed by atoms with van der Waals surface area (Å²) in [7, 11) is 0. The molecule has 0 saturated carbocycles. The lowest BCUT2D eigenvalue weighted by Crippen LogP contribution is -2.19. The Morgan fingerprint density at radius 2 is 1.94 bits per heavy atom. The van der Waals surface area contributed by atoms with Crippen molar-refractivity contribution in [1.82, 2.24) is 30.7 Å². The third-order valence-corrected chi connectivity index (χ3v) is 4.68. The van der Waals surface area contributed by atoms with Gasteiger partial charge < -0.3 is 20.3 Å². The first-order chi connectivity index (χ1) is 17.0. The number of rotatable bonds is 9. The second kappa shape index (κ2) is 10.3. The SMILES string of the molecule is CCOc1ccc(-c2c(C(=O)N/N=C\c3ccc(O)c(OCC)c3)nnn2-c2nonc2N)cc1. The Bertz CT molecular complexity index is 1350. The van der Waals surface area contributed by atoms with Gasteiger partial charge in [0.25, 0.3) is 5.91 Å². The summed E-state index contributed by atoms with van der Waals surface area (Å²) in [5.74, 6) is 0.401. The van der Waals surface area contributed by atoms with Crippen molar-refractivity contribution >= 4 is 17.9 Å². The number of carbonyl (C=O) groups is 1. The highest BCUT2D eigenvalue weighted by Crippen LogP contribution is 2.28. The zero-order valence-electron chi connectivity index (χ0n) is 18.9. The van der Waals surface area contributed by atoms with Crippen LogP contribution in [0.1, 0.15) is 29.9 Å². The van der Waals surface area contributed by atoms with Gasteiger partial charge in [0.05, 0.1) is 19.4 Å². The maximum absolute atomic E-state index is 13.0. The van der Waals surface area contributed by atoms with Gasteiger partial charge in [-0.15, -0.1) is 5.10 Å². The van der Waals surface area contributed by atoms with Gasteiger partial charge in [-0.3, -0.25) is 4.79 Å². The number of nitrogens with one attached hydrogen (secondary N) is 1. The van der Waals surface area contributed by atoms with Crippen molar-refractivity contribution in [2.45, 2.75) is 13.8 Å². The van der Waals surface area contributed by atoms with Crippen LogP contribution in [-0.2, 0) is 0 Å². The first-order valence-electron chi connectivity index (χ1n) is 10.6. The van der Waals surface area contributed by atoms with E-state index in [2.05, 4.69) is 35.8 Å². The fraction of sp³-hybridized carbons (Fsp3) is 0.182. The molecule has 0 bridgehead atoms. The zero-order valence-corrected chi connectivity index (χ0v) is 18.9. The van der Waals surface area contributed by atoms with Crippen LogP contribution in [0, 0.1) is 0 Å². The third kappa shape index (κ3) is 5.03. The molecule has 0 radical (unpaired) electrons. The van der Waals surface area contributed by atoms with E-state index in [4.69, 9.17) is 15.2 Å². The predicted octanol–water partition coefficient (Wildman–Crippen LogP) is 2.17. The van der Waals surface area contributed by atoms with Crippen molar-refractivity contribution in [2.75, 3.05) is 18.9 Å². The molecular weight excluding hydrogens is 456 g/mol. The molecule has 180 valence electrons. The molecule has 4 N–H and O–H groups in total. The molecule has 0 atom stereocenters. The molecule has 4 aromatic rings. The molecule has 2 heterocycles. The zero-order chi connectivity index (χ0) is 24.8. The number of aromatic nitrogens is 5. The quantitative estimate of drug-likeness (QED) is 0.239. The van der Waals surface area contributed by atoms with Crippen molar-refractivity contribution in [1.29, 1.82) is 0 Å². The highest BCUT2D eigenvalue weighted by atomic mass is 16.6. The Morgan fingerprint density at radius 1 is 1.17 bits per heavy atom. The van der Waals surface area contributed by atoms with E-state index in [9.17, 15) is 9.90 Å². The second-order valence-electron chi connectivity index (χ2n) is 6.99. The van der Waals surface area contributed by atoms with Crippen molar-refractivity contribution in [3.8, 4) is 34.3 Å². The smallest absolute Gasteiger partial charge is 0.294 e. The number of aromatic hydroxyl groups is 1. The van der Waals surface area contributed by atoms with E-state index in [-0.39, 0.29) is 23.1 Å². The number of nitrogens with two attached hydrogens (primary N) is 1. The number of benzene rings is 2. The number of nitrogen functional groups attached to an aromatic ring is 1. The van der Waals surface area contributed by atoms with E-state index in [0.29, 0.717) is 41.5 Å². The maximum atomic E-state index is 13.0.